The third-order valence-corrected chi connectivity index (χ3v) is 9.57. The molecule has 0 radical (unpaired) electrons. The van der Waals surface area contributed by atoms with E-state index in [-0.39, 0.29) is 18.3 Å². The molecule has 7 nitrogen and oxygen atoms in total. The summed E-state index contributed by atoms with van der Waals surface area (Å²) >= 11 is 0. The molecule has 0 saturated heterocycles. The van der Waals surface area contributed by atoms with Gasteiger partial charge in [0.15, 0.2) is 14.9 Å². The molecule has 1 heterocycles. The lowest BCUT2D eigenvalue weighted by atomic mass is 9.71. The van der Waals surface area contributed by atoms with Gasteiger partial charge in [-0.25, -0.2) is 30.6 Å². The zero-order chi connectivity index (χ0) is 26.1. The maximum atomic E-state index is 13.4. The number of hydrogen-bond donors (Lipinski definition) is 1. The van der Waals surface area contributed by atoms with Crippen LogP contribution >= 0.6 is 0 Å². The number of sulfonamides is 1. The van der Waals surface area contributed by atoms with E-state index >= 15 is 0 Å². The summed E-state index contributed by atoms with van der Waals surface area (Å²) < 4.78 is 65.5. The normalized spacial score (nSPS) is 13.7. The Balaban J connectivity index is 1.71. The largest absolute Gasteiger partial charge is 0.233 e. The van der Waals surface area contributed by atoms with Crippen molar-refractivity contribution in [2.45, 2.75) is 19.8 Å². The average molecular weight is 530 g/mol. The van der Waals surface area contributed by atoms with Crippen LogP contribution in [-0.2, 0) is 19.9 Å². The van der Waals surface area contributed by atoms with Crippen molar-refractivity contribution in [3.63, 3.8) is 0 Å². The van der Waals surface area contributed by atoms with E-state index in [1.807, 2.05) is 62.4 Å². The first-order valence-electron chi connectivity index (χ1n) is 11.3. The highest BCUT2D eigenvalue weighted by Crippen LogP contribution is 2.41. The summed E-state index contributed by atoms with van der Waals surface area (Å²) in [6.07, 6.45) is 2.64. The first kappa shape index (κ1) is 26.0. The van der Waals surface area contributed by atoms with E-state index in [9.17, 15) is 21.2 Å². The van der Waals surface area contributed by atoms with Crippen LogP contribution in [0.3, 0.4) is 0 Å². The third-order valence-electron chi connectivity index (χ3n) is 6.03. The first-order valence-corrected chi connectivity index (χ1v) is 15.0. The maximum Gasteiger partial charge on any atom is 0.226 e. The van der Waals surface area contributed by atoms with E-state index in [0.717, 1.165) is 34.0 Å². The summed E-state index contributed by atoms with van der Waals surface area (Å²) in [6, 6.07) is 21.8. The van der Waals surface area contributed by atoms with Crippen molar-refractivity contribution >= 4 is 30.8 Å². The van der Waals surface area contributed by atoms with Crippen LogP contribution < -0.4 is 4.72 Å². The fraction of sp³-hybridized carbons (Fsp3) is 0.269. The Kier molecular flexibility index (Phi) is 7.05. The topological polar surface area (TPSA) is 98.1 Å². The molecule has 3 aromatic carbocycles. The molecule has 0 aliphatic carbocycles. The molecule has 36 heavy (non-hydrogen) atoms. The second kappa shape index (κ2) is 9.76. The molecular formula is C26H28FN3O4S2. The van der Waals surface area contributed by atoms with Gasteiger partial charge in [0.05, 0.1) is 17.4 Å². The fourth-order valence-electron chi connectivity index (χ4n) is 4.48. The number of nitrogens with one attached hydrogen (secondary N) is 1. The van der Waals surface area contributed by atoms with Gasteiger partial charge in [0.1, 0.15) is 5.82 Å². The highest BCUT2D eigenvalue weighted by atomic mass is 32.3. The van der Waals surface area contributed by atoms with Crippen LogP contribution in [0.4, 0.5) is 4.39 Å². The van der Waals surface area contributed by atoms with Crippen molar-refractivity contribution in [1.29, 1.82) is 0 Å². The van der Waals surface area contributed by atoms with Gasteiger partial charge in [-0.2, -0.15) is 5.10 Å². The molecule has 0 fully saturated rings. The molecule has 1 N–H and O–H groups in total. The van der Waals surface area contributed by atoms with Gasteiger partial charge in [-0.1, -0.05) is 50.2 Å². The van der Waals surface area contributed by atoms with E-state index in [1.165, 1.54) is 12.1 Å². The van der Waals surface area contributed by atoms with E-state index in [2.05, 4.69) is 9.82 Å². The van der Waals surface area contributed by atoms with Gasteiger partial charge in [-0.3, -0.25) is 0 Å². The summed E-state index contributed by atoms with van der Waals surface area (Å²) in [5, 5.41) is 4.40. The first-order chi connectivity index (χ1) is 16.8. The van der Waals surface area contributed by atoms with Gasteiger partial charge >= 0.3 is 0 Å². The van der Waals surface area contributed by atoms with Crippen LogP contribution in [0.5, 0.6) is 0 Å². The molecule has 190 valence electrons. The minimum Gasteiger partial charge on any atom is -0.233 e. The summed E-state index contributed by atoms with van der Waals surface area (Å²) in [5.41, 5.74) is 2.92. The zero-order valence-corrected chi connectivity index (χ0v) is 21.9. The summed E-state index contributed by atoms with van der Waals surface area (Å²) in [5.74, 6) is -0.532. The van der Waals surface area contributed by atoms with Gasteiger partial charge in [-0.05, 0) is 52.9 Å². The Morgan fingerprint density at radius 2 is 1.61 bits per heavy atom. The van der Waals surface area contributed by atoms with Gasteiger partial charge in [-0.15, -0.1) is 0 Å². The monoisotopic (exact) mass is 529 g/mol. The predicted octanol–water partition coefficient (Wildman–Crippen LogP) is 4.24. The molecule has 0 amide bonds. The second-order valence-corrected chi connectivity index (χ2v) is 14.0. The molecule has 0 aliphatic rings. The second-order valence-electron chi connectivity index (χ2n) is 9.66. The number of nitrogens with zero attached hydrogens (tertiary/aromatic N) is 2. The van der Waals surface area contributed by atoms with Gasteiger partial charge in [0, 0.05) is 24.1 Å². The average Bonchev–Trinajstić information content (AvgIpc) is 3.21. The molecule has 4 rings (SSSR count). The summed E-state index contributed by atoms with van der Waals surface area (Å²) in [4.78, 5) is 0. The number of benzene rings is 3. The van der Waals surface area contributed by atoms with E-state index in [1.54, 1.807) is 23.0 Å². The lowest BCUT2D eigenvalue weighted by molar-refractivity contribution is 0.317. The van der Waals surface area contributed by atoms with E-state index < -0.39 is 30.4 Å². The van der Waals surface area contributed by atoms with Crippen LogP contribution in [0.25, 0.3) is 16.6 Å². The van der Waals surface area contributed by atoms with Crippen LogP contribution in [-0.4, -0.2) is 44.5 Å². The Morgan fingerprint density at radius 1 is 0.944 bits per heavy atom. The van der Waals surface area contributed by atoms with Gasteiger partial charge < -0.3 is 0 Å². The lowest BCUT2D eigenvalue weighted by Crippen LogP contribution is -2.40. The fourth-order valence-corrected chi connectivity index (χ4v) is 7.66. The van der Waals surface area contributed by atoms with Crippen molar-refractivity contribution in [3.05, 3.63) is 95.9 Å². The maximum absolute atomic E-state index is 13.4. The molecule has 1 atom stereocenters. The smallest absolute Gasteiger partial charge is 0.226 e. The Labute approximate surface area is 210 Å². The third kappa shape index (κ3) is 6.00. The molecular weight excluding hydrogens is 501 g/mol. The SMILES string of the molecule is CC(C)(CNS(=O)(=O)CS(C)(=O)=O)[C@@H](c1ccccc1)c1ccc2c(cnn2-c2ccc(F)cc2)c1. The Morgan fingerprint density at radius 3 is 2.25 bits per heavy atom. The zero-order valence-electron chi connectivity index (χ0n) is 20.2. The van der Waals surface area contributed by atoms with Crippen molar-refractivity contribution < 1.29 is 21.2 Å². The van der Waals surface area contributed by atoms with Crippen LogP contribution in [0, 0.1) is 11.2 Å². The van der Waals surface area contributed by atoms with Gasteiger partial charge in [0.25, 0.3) is 0 Å². The highest BCUT2D eigenvalue weighted by Gasteiger charge is 2.34. The minimum absolute atomic E-state index is 0.0390. The number of hydrogen-bond acceptors (Lipinski definition) is 5. The molecule has 0 spiro atoms. The Bertz CT molecular complexity index is 1580. The summed E-state index contributed by atoms with van der Waals surface area (Å²) in [6.45, 7) is 3.93. The number of fused-ring (bicyclic) bond motifs is 1. The van der Waals surface area contributed by atoms with Crippen molar-refractivity contribution in [2.24, 2.45) is 5.41 Å². The lowest BCUT2D eigenvalue weighted by Gasteiger charge is -2.35. The van der Waals surface area contributed by atoms with Crippen molar-refractivity contribution in [1.82, 2.24) is 14.5 Å². The number of aromatic nitrogens is 2. The predicted molar refractivity (Wildman–Crippen MR) is 140 cm³/mol. The molecule has 4 aromatic rings. The van der Waals surface area contributed by atoms with Gasteiger partial charge in [0.2, 0.25) is 10.0 Å². The molecule has 0 saturated carbocycles. The minimum atomic E-state index is -4.01. The van der Waals surface area contributed by atoms with Crippen LogP contribution in [0.15, 0.2) is 79.0 Å². The summed E-state index contributed by atoms with van der Waals surface area (Å²) in [7, 11) is -7.72. The standard InChI is InChI=1S/C26H28FN3O4S2/c1-26(2,17-29-36(33,34)18-35(3,31)32)25(19-7-5-4-6-8-19)20-9-14-24-21(15-20)16-28-30(24)23-12-10-22(27)11-13-23/h4-16,25,29H,17-18H2,1-3H3/t25-/m0/s1. The quantitative estimate of drug-likeness (QED) is 0.350. The van der Waals surface area contributed by atoms with Crippen molar-refractivity contribution in [3.8, 4) is 5.69 Å². The molecule has 0 bridgehead atoms. The number of halogens is 1. The molecule has 1 aromatic heterocycles. The molecule has 10 heteroatoms. The van der Waals surface area contributed by atoms with E-state index in [4.69, 9.17) is 0 Å². The van der Waals surface area contributed by atoms with Crippen molar-refractivity contribution in [2.75, 3.05) is 17.9 Å². The van der Waals surface area contributed by atoms with Crippen LogP contribution in [0.2, 0.25) is 0 Å². The number of sulfone groups is 1. The van der Waals surface area contributed by atoms with E-state index in [0.29, 0.717) is 0 Å². The number of rotatable bonds is 9. The van der Waals surface area contributed by atoms with Crippen LogP contribution in [0.1, 0.15) is 30.9 Å². The highest BCUT2D eigenvalue weighted by molar-refractivity contribution is 8.06. The molecule has 0 aliphatic heterocycles. The molecule has 0 unspecified atom stereocenters. The Hall–Kier alpha value is -3.08.